The zero-order valence-electron chi connectivity index (χ0n) is 11.7. The lowest BCUT2D eigenvalue weighted by Gasteiger charge is -2.27. The van der Waals surface area contributed by atoms with E-state index in [0.29, 0.717) is 18.3 Å². The lowest BCUT2D eigenvalue weighted by molar-refractivity contribution is -0.0365. The second-order valence-electron chi connectivity index (χ2n) is 5.04. The van der Waals surface area contributed by atoms with E-state index in [2.05, 4.69) is 22.0 Å². The van der Waals surface area contributed by atoms with Gasteiger partial charge in [0.2, 0.25) is 11.7 Å². The molecule has 0 radical (unpaired) electrons. The van der Waals surface area contributed by atoms with Crippen LogP contribution < -0.4 is 5.32 Å². The number of hydrogen-bond donors (Lipinski definition) is 1. The maximum absolute atomic E-state index is 5.76. The topological polar surface area (TPSA) is 60.2 Å². The fourth-order valence-corrected chi connectivity index (χ4v) is 2.61. The molecule has 0 saturated heterocycles. The van der Waals surface area contributed by atoms with Crippen molar-refractivity contribution in [3.63, 3.8) is 0 Å². The minimum atomic E-state index is -0.351. The lowest BCUT2D eigenvalue weighted by Crippen LogP contribution is -2.29. The minimum Gasteiger partial charge on any atom is -0.370 e. The molecule has 0 aliphatic heterocycles. The average molecular weight is 265 g/mol. The number of methoxy groups -OCH3 is 1. The van der Waals surface area contributed by atoms with E-state index in [1.165, 1.54) is 12.8 Å². The molecule has 1 saturated carbocycles. The Hall–Kier alpha value is -1.20. The molecule has 0 amide bonds. The van der Waals surface area contributed by atoms with E-state index in [9.17, 15) is 0 Å². The van der Waals surface area contributed by atoms with Crippen LogP contribution in [0.3, 0.4) is 0 Å². The Bertz CT molecular complexity index is 395. The standard InChI is InChI=1S/C14H23N3O2/c1-3-10-15-11-12-16-13(17-19-12)14(18-2)8-6-4-5-7-9-14/h3,15H,1,4-11H2,2H3. The quantitative estimate of drug-likeness (QED) is 0.486. The number of aromatic nitrogens is 2. The normalized spacial score (nSPS) is 19.0. The summed E-state index contributed by atoms with van der Waals surface area (Å²) in [6.45, 7) is 4.95. The monoisotopic (exact) mass is 265 g/mol. The van der Waals surface area contributed by atoms with Crippen molar-refractivity contribution < 1.29 is 9.26 Å². The van der Waals surface area contributed by atoms with Gasteiger partial charge in [0.25, 0.3) is 0 Å². The highest BCUT2D eigenvalue weighted by Gasteiger charge is 2.37. The van der Waals surface area contributed by atoms with Crippen molar-refractivity contribution in [3.05, 3.63) is 24.4 Å². The maximum atomic E-state index is 5.76. The second-order valence-corrected chi connectivity index (χ2v) is 5.04. The van der Waals surface area contributed by atoms with Gasteiger partial charge in [0.1, 0.15) is 5.60 Å². The van der Waals surface area contributed by atoms with Crippen molar-refractivity contribution >= 4 is 0 Å². The molecule has 1 aliphatic rings. The van der Waals surface area contributed by atoms with Gasteiger partial charge in [0.05, 0.1) is 6.54 Å². The van der Waals surface area contributed by atoms with Crippen molar-refractivity contribution in [2.24, 2.45) is 0 Å². The molecule has 1 heterocycles. The van der Waals surface area contributed by atoms with Crippen LogP contribution in [0.25, 0.3) is 0 Å². The Kier molecular flexibility index (Phi) is 5.10. The zero-order chi connectivity index (χ0) is 13.6. The largest absolute Gasteiger partial charge is 0.370 e. The summed E-state index contributed by atoms with van der Waals surface area (Å²) in [6, 6.07) is 0. The Morgan fingerprint density at radius 1 is 1.37 bits per heavy atom. The summed E-state index contributed by atoms with van der Waals surface area (Å²) in [7, 11) is 1.75. The SMILES string of the molecule is C=CCNCc1nc(C2(OC)CCCCCC2)no1. The van der Waals surface area contributed by atoms with Crippen LogP contribution in [0.15, 0.2) is 17.2 Å². The summed E-state index contributed by atoms with van der Waals surface area (Å²) in [4.78, 5) is 4.49. The van der Waals surface area contributed by atoms with E-state index in [0.717, 1.165) is 32.2 Å². The first-order valence-electron chi connectivity index (χ1n) is 7.00. The summed E-state index contributed by atoms with van der Waals surface area (Å²) in [6.07, 6.45) is 8.59. The third-order valence-electron chi connectivity index (χ3n) is 3.74. The van der Waals surface area contributed by atoms with E-state index >= 15 is 0 Å². The molecule has 19 heavy (non-hydrogen) atoms. The fourth-order valence-electron chi connectivity index (χ4n) is 2.61. The smallest absolute Gasteiger partial charge is 0.240 e. The van der Waals surface area contributed by atoms with Gasteiger partial charge in [-0.3, -0.25) is 0 Å². The maximum Gasteiger partial charge on any atom is 0.240 e. The van der Waals surface area contributed by atoms with Gasteiger partial charge < -0.3 is 14.6 Å². The highest BCUT2D eigenvalue weighted by atomic mass is 16.5. The van der Waals surface area contributed by atoms with E-state index in [4.69, 9.17) is 9.26 Å². The average Bonchev–Trinajstić information content (AvgIpc) is 2.77. The van der Waals surface area contributed by atoms with Crippen LogP contribution >= 0.6 is 0 Å². The van der Waals surface area contributed by atoms with Gasteiger partial charge in [-0.15, -0.1) is 6.58 Å². The summed E-state index contributed by atoms with van der Waals surface area (Å²) in [5.41, 5.74) is -0.351. The van der Waals surface area contributed by atoms with Crippen LogP contribution in [0, 0.1) is 0 Å². The fraction of sp³-hybridized carbons (Fsp3) is 0.714. The molecule has 0 unspecified atom stereocenters. The molecule has 1 aromatic rings. The van der Waals surface area contributed by atoms with Crippen molar-refractivity contribution in [3.8, 4) is 0 Å². The first kappa shape index (κ1) is 14.2. The molecule has 1 fully saturated rings. The second kappa shape index (κ2) is 6.82. The number of hydrogen-bond acceptors (Lipinski definition) is 5. The molecule has 0 atom stereocenters. The zero-order valence-corrected chi connectivity index (χ0v) is 11.7. The molecule has 0 bridgehead atoms. The number of ether oxygens (including phenoxy) is 1. The molecular weight excluding hydrogens is 242 g/mol. The third kappa shape index (κ3) is 3.42. The number of rotatable bonds is 6. The molecule has 106 valence electrons. The van der Waals surface area contributed by atoms with Gasteiger partial charge in [0, 0.05) is 13.7 Å². The molecular formula is C14H23N3O2. The summed E-state index contributed by atoms with van der Waals surface area (Å²) in [5.74, 6) is 1.31. The lowest BCUT2D eigenvalue weighted by atomic mass is 9.93. The molecule has 0 spiro atoms. The van der Waals surface area contributed by atoms with E-state index in [-0.39, 0.29) is 5.60 Å². The summed E-state index contributed by atoms with van der Waals surface area (Å²) >= 11 is 0. The van der Waals surface area contributed by atoms with Crippen molar-refractivity contribution in [1.82, 2.24) is 15.5 Å². The Balaban J connectivity index is 2.07. The van der Waals surface area contributed by atoms with Crippen LogP contribution in [-0.2, 0) is 16.9 Å². The van der Waals surface area contributed by atoms with Gasteiger partial charge in [-0.05, 0) is 12.8 Å². The van der Waals surface area contributed by atoms with Gasteiger partial charge in [-0.2, -0.15) is 4.98 Å². The molecule has 5 heteroatoms. The highest BCUT2D eigenvalue weighted by Crippen LogP contribution is 2.37. The van der Waals surface area contributed by atoms with Gasteiger partial charge in [-0.1, -0.05) is 36.9 Å². The molecule has 1 aliphatic carbocycles. The van der Waals surface area contributed by atoms with Crippen molar-refractivity contribution in [1.29, 1.82) is 0 Å². The molecule has 5 nitrogen and oxygen atoms in total. The van der Waals surface area contributed by atoms with Gasteiger partial charge >= 0.3 is 0 Å². The predicted molar refractivity (Wildman–Crippen MR) is 72.6 cm³/mol. The predicted octanol–water partition coefficient (Wildman–Crippen LogP) is 2.54. The first-order chi connectivity index (χ1) is 9.30. The van der Waals surface area contributed by atoms with Crippen LogP contribution in [0.1, 0.15) is 50.2 Å². The van der Waals surface area contributed by atoms with Crippen molar-refractivity contribution in [2.75, 3.05) is 13.7 Å². The molecule has 1 aromatic heterocycles. The molecule has 1 N–H and O–H groups in total. The third-order valence-corrected chi connectivity index (χ3v) is 3.74. The summed E-state index contributed by atoms with van der Waals surface area (Å²) in [5, 5.41) is 7.28. The van der Waals surface area contributed by atoms with Gasteiger partial charge in [0.15, 0.2) is 0 Å². The van der Waals surface area contributed by atoms with E-state index in [1.54, 1.807) is 13.2 Å². The van der Waals surface area contributed by atoms with Crippen LogP contribution in [-0.4, -0.2) is 23.8 Å². The Morgan fingerprint density at radius 2 is 2.11 bits per heavy atom. The Labute approximate surface area is 114 Å². The van der Waals surface area contributed by atoms with Gasteiger partial charge in [-0.25, -0.2) is 0 Å². The van der Waals surface area contributed by atoms with Crippen molar-refractivity contribution in [2.45, 2.75) is 50.7 Å². The summed E-state index contributed by atoms with van der Waals surface area (Å²) < 4.78 is 11.1. The number of nitrogens with zero attached hydrogens (tertiary/aromatic N) is 2. The van der Waals surface area contributed by atoms with Crippen LogP contribution in [0.4, 0.5) is 0 Å². The Morgan fingerprint density at radius 3 is 2.74 bits per heavy atom. The molecule has 0 aromatic carbocycles. The highest BCUT2D eigenvalue weighted by molar-refractivity contribution is 5.02. The van der Waals surface area contributed by atoms with E-state index in [1.807, 2.05) is 0 Å². The van der Waals surface area contributed by atoms with Crippen LogP contribution in [0.5, 0.6) is 0 Å². The number of nitrogens with one attached hydrogen (secondary N) is 1. The first-order valence-corrected chi connectivity index (χ1v) is 7.00. The molecule has 2 rings (SSSR count). The van der Waals surface area contributed by atoms with E-state index < -0.39 is 0 Å². The van der Waals surface area contributed by atoms with Crippen LogP contribution in [0.2, 0.25) is 0 Å². The minimum absolute atomic E-state index is 0.351.